The minimum atomic E-state index is -0.394. The fourth-order valence-electron chi connectivity index (χ4n) is 3.05. The molecule has 2 fully saturated rings. The van der Waals surface area contributed by atoms with E-state index in [-0.39, 0.29) is 5.91 Å². The van der Waals surface area contributed by atoms with Gasteiger partial charge in [-0.15, -0.1) is 0 Å². The third-order valence-electron chi connectivity index (χ3n) is 4.58. The van der Waals surface area contributed by atoms with Gasteiger partial charge in [-0.1, -0.05) is 0 Å². The summed E-state index contributed by atoms with van der Waals surface area (Å²) in [4.78, 5) is 22.3. The van der Waals surface area contributed by atoms with E-state index < -0.39 is 5.60 Å². The lowest BCUT2D eigenvalue weighted by atomic mass is 9.89. The summed E-state index contributed by atoms with van der Waals surface area (Å²) in [6, 6.07) is 0. The lowest BCUT2D eigenvalue weighted by molar-refractivity contribution is -0.133. The topological polar surface area (TPSA) is 66.3 Å². The van der Waals surface area contributed by atoms with Crippen molar-refractivity contribution in [2.45, 2.75) is 44.1 Å². The number of carbonyl (C=O) groups excluding carboxylic acids is 1. The third-order valence-corrected chi connectivity index (χ3v) is 4.58. The standard InChI is InChI=1S/C15H21N3O2/c19-14(2-1-13-11-16-7-8-17-13)18-9-3-12(4-10-18)15(20)5-6-15/h7-8,11-12,20H,1-6,9-10H2. The van der Waals surface area contributed by atoms with Gasteiger partial charge in [0.05, 0.1) is 11.3 Å². The predicted molar refractivity (Wildman–Crippen MR) is 73.8 cm³/mol. The van der Waals surface area contributed by atoms with Crippen molar-refractivity contribution in [3.8, 4) is 0 Å². The van der Waals surface area contributed by atoms with Crippen molar-refractivity contribution in [1.29, 1.82) is 0 Å². The summed E-state index contributed by atoms with van der Waals surface area (Å²) in [5.41, 5.74) is 0.470. The molecular formula is C15H21N3O2. The Labute approximate surface area is 119 Å². The Kier molecular flexibility index (Phi) is 3.70. The van der Waals surface area contributed by atoms with E-state index in [1.165, 1.54) is 0 Å². The molecule has 1 aliphatic heterocycles. The first-order valence-corrected chi connectivity index (χ1v) is 7.42. The van der Waals surface area contributed by atoms with E-state index >= 15 is 0 Å². The van der Waals surface area contributed by atoms with Crippen molar-refractivity contribution < 1.29 is 9.90 Å². The minimum absolute atomic E-state index is 0.192. The highest BCUT2D eigenvalue weighted by Crippen LogP contribution is 2.46. The molecule has 1 aromatic rings. The Hall–Kier alpha value is -1.49. The Bertz CT molecular complexity index is 465. The minimum Gasteiger partial charge on any atom is -0.390 e. The lowest BCUT2D eigenvalue weighted by Gasteiger charge is -2.34. The highest BCUT2D eigenvalue weighted by Gasteiger charge is 2.48. The normalized spacial score (nSPS) is 21.8. The second kappa shape index (κ2) is 5.48. The summed E-state index contributed by atoms with van der Waals surface area (Å²) in [5.74, 6) is 0.587. The maximum absolute atomic E-state index is 12.2. The summed E-state index contributed by atoms with van der Waals surface area (Å²) in [7, 11) is 0. The van der Waals surface area contributed by atoms with Crippen LogP contribution in [-0.4, -0.2) is 44.6 Å². The van der Waals surface area contributed by atoms with Gasteiger partial charge in [-0.2, -0.15) is 0 Å². The molecule has 0 unspecified atom stereocenters. The second-order valence-electron chi connectivity index (χ2n) is 5.96. The van der Waals surface area contributed by atoms with Crippen molar-refractivity contribution in [2.24, 2.45) is 5.92 Å². The summed E-state index contributed by atoms with van der Waals surface area (Å²) in [6.45, 7) is 1.57. The van der Waals surface area contributed by atoms with Crippen LogP contribution < -0.4 is 0 Å². The first kappa shape index (κ1) is 13.5. The van der Waals surface area contributed by atoms with Gasteiger partial charge in [-0.05, 0) is 38.0 Å². The van der Waals surface area contributed by atoms with Crippen LogP contribution in [0.25, 0.3) is 0 Å². The van der Waals surface area contributed by atoms with Crippen LogP contribution in [0.4, 0.5) is 0 Å². The van der Waals surface area contributed by atoms with Crippen molar-refractivity contribution in [3.05, 3.63) is 24.3 Å². The van der Waals surface area contributed by atoms with Crippen LogP contribution in [0, 0.1) is 5.92 Å². The average Bonchev–Trinajstić information content (AvgIpc) is 3.25. The van der Waals surface area contributed by atoms with E-state index in [0.29, 0.717) is 18.8 Å². The zero-order valence-corrected chi connectivity index (χ0v) is 11.7. The van der Waals surface area contributed by atoms with Gasteiger partial charge in [0.25, 0.3) is 0 Å². The molecule has 108 valence electrons. The van der Waals surface area contributed by atoms with Gasteiger partial charge in [0, 0.05) is 38.1 Å². The number of rotatable bonds is 4. The van der Waals surface area contributed by atoms with Gasteiger partial charge < -0.3 is 10.0 Å². The Balaban J connectivity index is 1.45. The highest BCUT2D eigenvalue weighted by molar-refractivity contribution is 5.76. The Morgan fingerprint density at radius 3 is 2.70 bits per heavy atom. The number of carbonyl (C=O) groups is 1. The van der Waals surface area contributed by atoms with Crippen LogP contribution in [-0.2, 0) is 11.2 Å². The number of amides is 1. The fraction of sp³-hybridized carbons (Fsp3) is 0.667. The van der Waals surface area contributed by atoms with Gasteiger partial charge in [0.2, 0.25) is 5.91 Å². The number of aromatic nitrogens is 2. The molecule has 5 nitrogen and oxygen atoms in total. The zero-order chi connectivity index (χ0) is 14.0. The highest BCUT2D eigenvalue weighted by atomic mass is 16.3. The van der Waals surface area contributed by atoms with Crippen LogP contribution in [0.5, 0.6) is 0 Å². The SMILES string of the molecule is O=C(CCc1cnccn1)N1CCC(C2(O)CC2)CC1. The van der Waals surface area contributed by atoms with E-state index in [2.05, 4.69) is 9.97 Å². The predicted octanol–water partition coefficient (Wildman–Crippen LogP) is 1.17. The largest absolute Gasteiger partial charge is 0.390 e. The van der Waals surface area contributed by atoms with Gasteiger partial charge in [-0.3, -0.25) is 14.8 Å². The molecule has 1 saturated heterocycles. The van der Waals surface area contributed by atoms with E-state index in [1.54, 1.807) is 18.6 Å². The molecule has 0 atom stereocenters. The molecule has 2 heterocycles. The second-order valence-corrected chi connectivity index (χ2v) is 5.96. The number of hydrogen-bond acceptors (Lipinski definition) is 4. The lowest BCUT2D eigenvalue weighted by Crippen LogP contribution is -2.42. The van der Waals surface area contributed by atoms with Crippen LogP contribution >= 0.6 is 0 Å². The van der Waals surface area contributed by atoms with Crippen molar-refractivity contribution in [3.63, 3.8) is 0 Å². The van der Waals surface area contributed by atoms with Crippen LogP contribution in [0.3, 0.4) is 0 Å². The summed E-state index contributed by atoms with van der Waals surface area (Å²) >= 11 is 0. The van der Waals surface area contributed by atoms with Gasteiger partial charge >= 0.3 is 0 Å². The van der Waals surface area contributed by atoms with E-state index in [0.717, 1.165) is 44.5 Å². The molecule has 1 saturated carbocycles. The number of hydrogen-bond donors (Lipinski definition) is 1. The van der Waals surface area contributed by atoms with Gasteiger partial charge in [0.15, 0.2) is 0 Å². The molecule has 0 aromatic carbocycles. The molecule has 0 spiro atoms. The van der Waals surface area contributed by atoms with Crippen molar-refractivity contribution >= 4 is 5.91 Å². The van der Waals surface area contributed by atoms with Gasteiger partial charge in [0.1, 0.15) is 0 Å². The Morgan fingerprint density at radius 1 is 1.35 bits per heavy atom. The molecule has 2 aliphatic rings. The molecule has 1 aliphatic carbocycles. The number of piperidine rings is 1. The summed E-state index contributed by atoms with van der Waals surface area (Å²) in [6.07, 6.45) is 9.91. The molecule has 20 heavy (non-hydrogen) atoms. The molecular weight excluding hydrogens is 254 g/mol. The van der Waals surface area contributed by atoms with Crippen molar-refractivity contribution in [2.75, 3.05) is 13.1 Å². The van der Waals surface area contributed by atoms with Crippen LogP contribution in [0.15, 0.2) is 18.6 Å². The Morgan fingerprint density at radius 2 is 2.10 bits per heavy atom. The molecule has 1 amide bonds. The fourth-order valence-corrected chi connectivity index (χ4v) is 3.05. The van der Waals surface area contributed by atoms with E-state index in [9.17, 15) is 9.90 Å². The monoisotopic (exact) mass is 275 g/mol. The molecule has 1 aromatic heterocycles. The number of nitrogens with zero attached hydrogens (tertiary/aromatic N) is 3. The molecule has 0 radical (unpaired) electrons. The number of aliphatic hydroxyl groups is 1. The van der Waals surface area contributed by atoms with E-state index in [4.69, 9.17) is 0 Å². The molecule has 3 rings (SSSR count). The van der Waals surface area contributed by atoms with Gasteiger partial charge in [-0.25, -0.2) is 0 Å². The smallest absolute Gasteiger partial charge is 0.222 e. The average molecular weight is 275 g/mol. The zero-order valence-electron chi connectivity index (χ0n) is 11.7. The number of likely N-dealkylation sites (tertiary alicyclic amines) is 1. The molecule has 0 bridgehead atoms. The maximum Gasteiger partial charge on any atom is 0.222 e. The molecule has 1 N–H and O–H groups in total. The first-order chi connectivity index (χ1) is 9.67. The number of aryl methyl sites for hydroxylation is 1. The third kappa shape index (κ3) is 2.98. The van der Waals surface area contributed by atoms with E-state index in [1.807, 2.05) is 4.90 Å². The quantitative estimate of drug-likeness (QED) is 0.896. The maximum atomic E-state index is 12.2. The summed E-state index contributed by atoms with van der Waals surface area (Å²) < 4.78 is 0. The van der Waals surface area contributed by atoms with Crippen LogP contribution in [0.1, 0.15) is 37.8 Å². The summed E-state index contributed by atoms with van der Waals surface area (Å²) in [5, 5.41) is 10.1. The first-order valence-electron chi connectivity index (χ1n) is 7.42. The molecule has 5 heteroatoms. The van der Waals surface area contributed by atoms with Crippen molar-refractivity contribution in [1.82, 2.24) is 14.9 Å². The van der Waals surface area contributed by atoms with Crippen LogP contribution in [0.2, 0.25) is 0 Å².